The summed E-state index contributed by atoms with van der Waals surface area (Å²) in [5.74, 6) is -0.168. The van der Waals surface area contributed by atoms with Gasteiger partial charge in [-0.2, -0.15) is 5.26 Å². The van der Waals surface area contributed by atoms with Gasteiger partial charge in [0.25, 0.3) is 0 Å². The van der Waals surface area contributed by atoms with Gasteiger partial charge < -0.3 is 9.64 Å². The maximum atomic E-state index is 14.6. The van der Waals surface area contributed by atoms with Crippen molar-refractivity contribution in [2.45, 2.75) is 45.1 Å². The predicted molar refractivity (Wildman–Crippen MR) is 151 cm³/mol. The summed E-state index contributed by atoms with van der Waals surface area (Å²) < 4.78 is 20.4. The Kier molecular flexibility index (Phi) is 8.44. The molecule has 0 aliphatic carbocycles. The van der Waals surface area contributed by atoms with Crippen LogP contribution in [0.5, 0.6) is 5.75 Å². The molecule has 0 amide bonds. The van der Waals surface area contributed by atoms with Crippen molar-refractivity contribution < 1.29 is 13.9 Å². The molecule has 2 heterocycles. The van der Waals surface area contributed by atoms with Crippen molar-refractivity contribution in [3.63, 3.8) is 0 Å². The van der Waals surface area contributed by atoms with Gasteiger partial charge in [-0.05, 0) is 73.7 Å². The fourth-order valence-corrected chi connectivity index (χ4v) is 5.73. The van der Waals surface area contributed by atoms with E-state index in [-0.39, 0.29) is 23.4 Å². The minimum absolute atomic E-state index is 0.0968. The van der Waals surface area contributed by atoms with Crippen molar-refractivity contribution in [1.82, 2.24) is 9.88 Å². The second kappa shape index (κ2) is 11.6. The summed E-state index contributed by atoms with van der Waals surface area (Å²) in [5.41, 5.74) is 1.79. The zero-order chi connectivity index (χ0) is 27.4. The lowest BCUT2D eigenvalue weighted by Gasteiger charge is -2.47. The normalized spacial score (nSPS) is 17.7. The lowest BCUT2D eigenvalue weighted by Crippen LogP contribution is -2.60. The molecular weight excluding hydrogens is 521 g/mol. The minimum atomic E-state index is -0.775. The molecule has 1 aromatic heterocycles. The predicted octanol–water partition coefficient (Wildman–Crippen LogP) is 6.98. The topological polar surface area (TPSA) is 66.2 Å². The SMILES string of the molecule is CC(c1ccc(C#N)c(Cl)c1)C1CC(=S)N(CCCOc2ccc(-c3ccncc3)c(F)c2)C(C)(C)C1=O. The van der Waals surface area contributed by atoms with Crippen molar-refractivity contribution in [3.8, 4) is 22.9 Å². The highest BCUT2D eigenvalue weighted by atomic mass is 35.5. The molecule has 1 saturated heterocycles. The van der Waals surface area contributed by atoms with Gasteiger partial charge in [0.05, 0.1) is 27.7 Å². The number of pyridine rings is 1. The third kappa shape index (κ3) is 5.72. The molecule has 0 radical (unpaired) electrons. The number of thiocarbonyl (C=S) groups is 1. The highest BCUT2D eigenvalue weighted by Crippen LogP contribution is 2.39. The molecule has 1 aliphatic heterocycles. The van der Waals surface area contributed by atoms with Crippen LogP contribution in [0.25, 0.3) is 11.1 Å². The number of hydrogen-bond acceptors (Lipinski definition) is 5. The van der Waals surface area contributed by atoms with E-state index in [0.29, 0.717) is 47.9 Å². The number of Topliss-reactive ketones (excluding diaryl/α,β-unsaturated/α-hetero) is 1. The Hall–Kier alpha value is -3.34. The molecule has 0 bridgehead atoms. The van der Waals surface area contributed by atoms with Crippen LogP contribution >= 0.6 is 23.8 Å². The van der Waals surface area contributed by atoms with Crippen LogP contribution < -0.4 is 4.74 Å². The molecule has 1 fully saturated rings. The van der Waals surface area contributed by atoms with Gasteiger partial charge in [0.2, 0.25) is 0 Å². The fraction of sp³-hybridized carbons (Fsp3) is 0.333. The average molecular weight is 550 g/mol. The van der Waals surface area contributed by atoms with Gasteiger partial charge in [0.15, 0.2) is 5.78 Å². The van der Waals surface area contributed by atoms with Crippen molar-refractivity contribution >= 4 is 34.6 Å². The van der Waals surface area contributed by atoms with Crippen molar-refractivity contribution in [2.75, 3.05) is 13.2 Å². The first-order valence-corrected chi connectivity index (χ1v) is 13.3. The summed E-state index contributed by atoms with van der Waals surface area (Å²) in [7, 11) is 0. The quantitative estimate of drug-likeness (QED) is 0.223. The summed E-state index contributed by atoms with van der Waals surface area (Å²) in [5, 5.41) is 9.54. The molecule has 8 heteroatoms. The number of nitriles is 1. The van der Waals surface area contributed by atoms with Crippen molar-refractivity contribution in [2.24, 2.45) is 5.92 Å². The lowest BCUT2D eigenvalue weighted by atomic mass is 9.73. The largest absolute Gasteiger partial charge is 0.493 e. The van der Waals surface area contributed by atoms with Crippen LogP contribution in [-0.4, -0.2) is 39.3 Å². The first-order valence-electron chi connectivity index (χ1n) is 12.5. The number of carbonyl (C=O) groups excluding carboxylic acids is 1. The average Bonchev–Trinajstić information content (AvgIpc) is 2.90. The number of likely N-dealkylation sites (tertiary alicyclic amines) is 1. The smallest absolute Gasteiger partial charge is 0.161 e. The number of rotatable bonds is 8. The molecule has 4 rings (SSSR count). The summed E-state index contributed by atoms with van der Waals surface area (Å²) in [6.45, 7) is 6.72. The highest BCUT2D eigenvalue weighted by Gasteiger charge is 2.46. The van der Waals surface area contributed by atoms with Gasteiger partial charge in [0.1, 0.15) is 17.6 Å². The van der Waals surface area contributed by atoms with E-state index in [1.165, 1.54) is 6.07 Å². The van der Waals surface area contributed by atoms with E-state index in [4.69, 9.17) is 33.8 Å². The van der Waals surface area contributed by atoms with Crippen molar-refractivity contribution in [1.29, 1.82) is 5.26 Å². The molecule has 2 unspecified atom stereocenters. The highest BCUT2D eigenvalue weighted by molar-refractivity contribution is 7.80. The van der Waals surface area contributed by atoms with Gasteiger partial charge in [-0.25, -0.2) is 4.39 Å². The molecule has 2 atom stereocenters. The summed E-state index contributed by atoms with van der Waals surface area (Å²) >= 11 is 12.0. The molecule has 0 spiro atoms. The molecule has 5 nitrogen and oxygen atoms in total. The van der Waals surface area contributed by atoms with E-state index in [1.807, 2.05) is 31.7 Å². The number of ketones is 1. The monoisotopic (exact) mass is 549 g/mol. The van der Waals surface area contributed by atoms with Gasteiger partial charge in [0, 0.05) is 42.9 Å². The summed E-state index contributed by atoms with van der Waals surface area (Å²) in [6.07, 6.45) is 4.35. The number of hydrogen-bond donors (Lipinski definition) is 0. The van der Waals surface area contributed by atoms with Gasteiger partial charge in [-0.3, -0.25) is 9.78 Å². The Morgan fingerprint density at radius 1 is 1.24 bits per heavy atom. The molecule has 196 valence electrons. The molecule has 3 aromatic rings. The molecular formula is C30H29ClFN3O2S. The maximum Gasteiger partial charge on any atom is 0.161 e. The minimum Gasteiger partial charge on any atom is -0.493 e. The molecule has 2 aromatic carbocycles. The number of piperidine rings is 1. The summed E-state index contributed by atoms with van der Waals surface area (Å²) in [4.78, 5) is 20.3. The Morgan fingerprint density at radius 2 is 1.97 bits per heavy atom. The van der Waals surface area contributed by atoms with E-state index in [0.717, 1.165) is 16.1 Å². The van der Waals surface area contributed by atoms with Crippen LogP contribution in [0.4, 0.5) is 4.39 Å². The van der Waals surface area contributed by atoms with Gasteiger partial charge >= 0.3 is 0 Å². The third-order valence-corrected chi connectivity index (χ3v) is 7.98. The van der Waals surface area contributed by atoms with Crippen LogP contribution in [0.15, 0.2) is 60.9 Å². The lowest BCUT2D eigenvalue weighted by molar-refractivity contribution is -0.133. The third-order valence-electron chi connectivity index (χ3n) is 7.28. The first-order chi connectivity index (χ1) is 18.1. The van der Waals surface area contributed by atoms with E-state index >= 15 is 0 Å². The molecule has 0 saturated carbocycles. The first kappa shape index (κ1) is 27.7. The number of nitrogens with zero attached hydrogens (tertiary/aromatic N) is 3. The van der Waals surface area contributed by atoms with Crippen LogP contribution in [0.2, 0.25) is 5.02 Å². The Morgan fingerprint density at radius 3 is 2.63 bits per heavy atom. The maximum absolute atomic E-state index is 14.6. The van der Waals surface area contributed by atoms with E-state index in [2.05, 4.69) is 11.1 Å². The molecule has 1 aliphatic rings. The van der Waals surface area contributed by atoms with Crippen molar-refractivity contribution in [3.05, 3.63) is 82.9 Å². The molecule has 0 N–H and O–H groups in total. The number of carbonyl (C=O) groups is 1. The number of benzene rings is 2. The standard InChI is InChI=1S/C30H29ClFN3O2S/c1-19(21-5-6-22(18-33)26(31)15-21)25-17-28(38)35(30(2,3)29(25)36)13-4-14-37-23-7-8-24(27(32)16-23)20-9-11-34-12-10-20/h5-12,15-16,19,25H,4,13-14,17H2,1-3H3. The van der Waals surface area contributed by atoms with Gasteiger partial charge in [-0.1, -0.05) is 36.8 Å². The van der Waals surface area contributed by atoms with E-state index in [9.17, 15) is 9.18 Å². The zero-order valence-corrected chi connectivity index (χ0v) is 23.2. The van der Waals surface area contributed by atoms with E-state index < -0.39 is 5.54 Å². The van der Waals surface area contributed by atoms with Crippen LogP contribution in [0.3, 0.4) is 0 Å². The zero-order valence-electron chi connectivity index (χ0n) is 21.6. The van der Waals surface area contributed by atoms with E-state index in [1.54, 1.807) is 48.8 Å². The number of halogens is 2. The van der Waals surface area contributed by atoms with Crippen LogP contribution in [0.1, 0.15) is 50.7 Å². The number of ether oxygens (including phenoxy) is 1. The molecule has 38 heavy (non-hydrogen) atoms. The number of aromatic nitrogens is 1. The Labute approximate surface area is 233 Å². The van der Waals surface area contributed by atoms with Gasteiger partial charge in [-0.15, -0.1) is 0 Å². The second-order valence-corrected chi connectivity index (χ2v) is 10.9. The van der Waals surface area contributed by atoms with Crippen LogP contribution in [0, 0.1) is 23.1 Å². The second-order valence-electron chi connectivity index (χ2n) is 10.00. The van der Waals surface area contributed by atoms with Crippen LogP contribution in [-0.2, 0) is 4.79 Å². The Balaban J connectivity index is 1.36. The fourth-order valence-electron chi connectivity index (χ4n) is 5.00. The summed E-state index contributed by atoms with van der Waals surface area (Å²) in [6, 6.07) is 15.7. The Bertz CT molecular complexity index is 1390.